The molecule has 2 N–H and O–H groups in total. The normalized spacial score (nSPS) is 31.6. The van der Waals surface area contributed by atoms with Gasteiger partial charge in [-0.15, -0.1) is 0 Å². The third-order valence-corrected chi connectivity index (χ3v) is 6.35. The lowest BCUT2D eigenvalue weighted by atomic mass is 9.56. The number of aliphatic hydroxyl groups is 1. The molecule has 24 heavy (non-hydrogen) atoms. The SMILES string of the molecule is CC(C)c1ccc2c(c1O)CC[C@@H]1C3=C(CC[C@]21C)C(=O)O[C@@H]3O. The summed E-state index contributed by atoms with van der Waals surface area (Å²) in [6, 6.07) is 4.18. The van der Waals surface area contributed by atoms with Crippen molar-refractivity contribution in [3.63, 3.8) is 0 Å². The van der Waals surface area contributed by atoms with Gasteiger partial charge in [-0.05, 0) is 54.2 Å². The number of ether oxygens (including phenoxy) is 1. The van der Waals surface area contributed by atoms with Crippen LogP contribution in [0.2, 0.25) is 0 Å². The lowest BCUT2D eigenvalue weighted by Gasteiger charge is -2.47. The molecule has 4 heteroatoms. The number of esters is 1. The molecule has 0 fully saturated rings. The number of rotatable bonds is 1. The van der Waals surface area contributed by atoms with Crippen LogP contribution in [-0.2, 0) is 21.4 Å². The van der Waals surface area contributed by atoms with E-state index in [4.69, 9.17) is 4.74 Å². The van der Waals surface area contributed by atoms with Crippen LogP contribution in [0.4, 0.5) is 0 Å². The molecule has 128 valence electrons. The Balaban J connectivity index is 1.85. The summed E-state index contributed by atoms with van der Waals surface area (Å²) >= 11 is 0. The number of carbonyl (C=O) groups is 1. The molecule has 1 aromatic rings. The molecule has 1 aliphatic heterocycles. The molecule has 1 aromatic carbocycles. The Morgan fingerprint density at radius 1 is 1.29 bits per heavy atom. The van der Waals surface area contributed by atoms with Crippen molar-refractivity contribution in [3.05, 3.63) is 40.0 Å². The van der Waals surface area contributed by atoms with Crippen molar-refractivity contribution >= 4 is 5.97 Å². The fourth-order valence-corrected chi connectivity index (χ4v) is 5.03. The molecule has 0 unspecified atom stereocenters. The van der Waals surface area contributed by atoms with E-state index >= 15 is 0 Å². The van der Waals surface area contributed by atoms with E-state index in [-0.39, 0.29) is 23.2 Å². The zero-order valence-electron chi connectivity index (χ0n) is 14.4. The van der Waals surface area contributed by atoms with E-state index in [0.29, 0.717) is 17.7 Å². The molecule has 0 saturated carbocycles. The fourth-order valence-electron chi connectivity index (χ4n) is 5.03. The van der Waals surface area contributed by atoms with Crippen LogP contribution < -0.4 is 0 Å². The van der Waals surface area contributed by atoms with E-state index in [0.717, 1.165) is 36.0 Å². The van der Waals surface area contributed by atoms with Crippen molar-refractivity contribution in [3.8, 4) is 5.75 Å². The average Bonchev–Trinajstić information content (AvgIpc) is 2.81. The third kappa shape index (κ3) is 1.92. The molecule has 2 aliphatic carbocycles. The molecule has 3 aliphatic rings. The van der Waals surface area contributed by atoms with E-state index < -0.39 is 6.29 Å². The van der Waals surface area contributed by atoms with E-state index in [1.54, 1.807) is 0 Å². The van der Waals surface area contributed by atoms with E-state index in [9.17, 15) is 15.0 Å². The Kier molecular flexibility index (Phi) is 3.33. The highest BCUT2D eigenvalue weighted by Gasteiger charge is 2.51. The number of hydrogen-bond donors (Lipinski definition) is 2. The van der Waals surface area contributed by atoms with Crippen molar-refractivity contribution in [1.29, 1.82) is 0 Å². The van der Waals surface area contributed by atoms with Crippen molar-refractivity contribution in [2.24, 2.45) is 5.92 Å². The van der Waals surface area contributed by atoms with Crippen LogP contribution in [0.15, 0.2) is 23.3 Å². The van der Waals surface area contributed by atoms with Gasteiger partial charge in [-0.1, -0.05) is 32.9 Å². The van der Waals surface area contributed by atoms with Crippen LogP contribution in [0.5, 0.6) is 5.75 Å². The number of aromatic hydroxyl groups is 1. The molecule has 0 radical (unpaired) electrons. The highest BCUT2D eigenvalue weighted by Crippen LogP contribution is 2.56. The zero-order chi connectivity index (χ0) is 17.2. The molecule has 0 amide bonds. The molecule has 0 saturated heterocycles. The Labute approximate surface area is 142 Å². The average molecular weight is 328 g/mol. The van der Waals surface area contributed by atoms with Crippen LogP contribution in [-0.4, -0.2) is 22.5 Å². The quantitative estimate of drug-likeness (QED) is 0.776. The number of fused-ring (bicyclic) bond motifs is 4. The first-order valence-corrected chi connectivity index (χ1v) is 8.81. The number of benzene rings is 1. The molecular weight excluding hydrogens is 304 g/mol. The maximum Gasteiger partial charge on any atom is 0.336 e. The molecule has 0 aromatic heterocycles. The maximum atomic E-state index is 11.9. The first-order valence-electron chi connectivity index (χ1n) is 8.81. The summed E-state index contributed by atoms with van der Waals surface area (Å²) in [7, 11) is 0. The summed E-state index contributed by atoms with van der Waals surface area (Å²) < 4.78 is 5.06. The van der Waals surface area contributed by atoms with Crippen LogP contribution >= 0.6 is 0 Å². The van der Waals surface area contributed by atoms with Crippen LogP contribution in [0, 0.1) is 5.92 Å². The summed E-state index contributed by atoms with van der Waals surface area (Å²) in [4.78, 5) is 11.9. The van der Waals surface area contributed by atoms with Crippen LogP contribution in [0.3, 0.4) is 0 Å². The highest BCUT2D eigenvalue weighted by atomic mass is 16.6. The fraction of sp³-hybridized carbons (Fsp3) is 0.550. The van der Waals surface area contributed by atoms with Crippen molar-refractivity contribution in [2.45, 2.75) is 64.1 Å². The highest BCUT2D eigenvalue weighted by molar-refractivity contribution is 5.92. The third-order valence-electron chi connectivity index (χ3n) is 6.35. The van der Waals surface area contributed by atoms with Crippen LogP contribution in [0.1, 0.15) is 62.6 Å². The minimum atomic E-state index is -1.10. The van der Waals surface area contributed by atoms with Crippen molar-refractivity contribution in [1.82, 2.24) is 0 Å². The first-order chi connectivity index (χ1) is 11.3. The smallest absolute Gasteiger partial charge is 0.336 e. The van der Waals surface area contributed by atoms with Gasteiger partial charge in [0.1, 0.15) is 5.75 Å². The van der Waals surface area contributed by atoms with Gasteiger partial charge in [0.2, 0.25) is 6.29 Å². The minimum Gasteiger partial charge on any atom is -0.507 e. The second kappa shape index (κ2) is 5.09. The second-order valence-corrected chi connectivity index (χ2v) is 7.88. The largest absolute Gasteiger partial charge is 0.507 e. The first kappa shape index (κ1) is 15.7. The van der Waals surface area contributed by atoms with Gasteiger partial charge in [-0.25, -0.2) is 4.79 Å². The van der Waals surface area contributed by atoms with Crippen LogP contribution in [0.25, 0.3) is 0 Å². The number of phenolic OH excluding ortho intramolecular Hbond substituents is 1. The number of carbonyl (C=O) groups excluding carboxylic acids is 1. The lowest BCUT2D eigenvalue weighted by Crippen LogP contribution is -2.42. The lowest BCUT2D eigenvalue weighted by molar-refractivity contribution is -0.152. The Hall–Kier alpha value is -1.81. The Morgan fingerprint density at radius 2 is 2.04 bits per heavy atom. The molecule has 0 bridgehead atoms. The van der Waals surface area contributed by atoms with Gasteiger partial charge in [0, 0.05) is 16.6 Å². The predicted octanol–water partition coefficient (Wildman–Crippen LogP) is 3.30. The second-order valence-electron chi connectivity index (χ2n) is 7.88. The van der Waals surface area contributed by atoms with E-state index in [1.807, 2.05) is 6.07 Å². The van der Waals surface area contributed by atoms with Gasteiger partial charge < -0.3 is 14.9 Å². The monoisotopic (exact) mass is 328 g/mol. The standard InChI is InChI=1S/C20H24O4/c1-10(2)11-4-6-14-12(17(11)21)5-7-15-16-13(8-9-20(14,15)3)18(22)24-19(16)23/h4,6,10,15,19,21,23H,5,7-9H2,1-3H3/t15-,19+,20-/m1/s1. The van der Waals surface area contributed by atoms with Gasteiger partial charge in [0.15, 0.2) is 0 Å². The summed E-state index contributed by atoms with van der Waals surface area (Å²) in [5.74, 6) is 0.452. The number of hydrogen-bond acceptors (Lipinski definition) is 4. The number of cyclic esters (lactones) is 1. The van der Waals surface area contributed by atoms with Gasteiger partial charge in [-0.2, -0.15) is 0 Å². The number of phenols is 1. The molecule has 3 atom stereocenters. The molecule has 1 heterocycles. The predicted molar refractivity (Wildman–Crippen MR) is 89.7 cm³/mol. The zero-order valence-corrected chi connectivity index (χ0v) is 14.4. The summed E-state index contributed by atoms with van der Waals surface area (Å²) in [5, 5.41) is 21.0. The summed E-state index contributed by atoms with van der Waals surface area (Å²) in [6.07, 6.45) is 1.96. The molecule has 0 spiro atoms. The van der Waals surface area contributed by atoms with Gasteiger partial charge >= 0.3 is 5.97 Å². The minimum absolute atomic E-state index is 0.0968. The molecule has 4 rings (SSSR count). The number of aliphatic hydroxyl groups excluding tert-OH is 1. The van der Waals surface area contributed by atoms with Gasteiger partial charge in [0.25, 0.3) is 0 Å². The molecular formula is C20H24O4. The summed E-state index contributed by atoms with van der Waals surface area (Å²) in [5.41, 5.74) is 4.49. The Morgan fingerprint density at radius 3 is 2.75 bits per heavy atom. The topological polar surface area (TPSA) is 66.8 Å². The molecule has 4 nitrogen and oxygen atoms in total. The maximum absolute atomic E-state index is 11.9. The summed E-state index contributed by atoms with van der Waals surface area (Å²) in [6.45, 7) is 6.37. The van der Waals surface area contributed by atoms with E-state index in [1.165, 1.54) is 5.56 Å². The van der Waals surface area contributed by atoms with Crippen molar-refractivity contribution < 1.29 is 19.7 Å². The van der Waals surface area contributed by atoms with Gasteiger partial charge in [0.05, 0.1) is 0 Å². The van der Waals surface area contributed by atoms with E-state index in [2.05, 4.69) is 26.8 Å². The van der Waals surface area contributed by atoms with Crippen molar-refractivity contribution in [2.75, 3.05) is 0 Å². The Bertz CT molecular complexity index is 761. The van der Waals surface area contributed by atoms with Gasteiger partial charge in [-0.3, -0.25) is 0 Å².